The molecule has 9 heteroatoms. The van der Waals surface area contributed by atoms with Gasteiger partial charge in [-0.2, -0.15) is 0 Å². The summed E-state index contributed by atoms with van der Waals surface area (Å²) in [4.78, 5) is 24.9. The van der Waals surface area contributed by atoms with E-state index in [9.17, 15) is 4.79 Å². The highest BCUT2D eigenvalue weighted by atomic mass is 35.5. The lowest BCUT2D eigenvalue weighted by atomic mass is 10.2. The number of aliphatic imine (C=N–C) groups is 1. The molecule has 0 atom stereocenters. The van der Waals surface area contributed by atoms with Gasteiger partial charge in [-0.1, -0.05) is 11.6 Å². The van der Waals surface area contributed by atoms with Gasteiger partial charge in [0.05, 0.1) is 17.9 Å². The molecule has 0 aliphatic heterocycles. The van der Waals surface area contributed by atoms with Crippen molar-refractivity contribution in [2.75, 3.05) is 0 Å². The summed E-state index contributed by atoms with van der Waals surface area (Å²) in [5.74, 6) is -1.19. The number of hydrogen-bond donors (Lipinski definition) is 4. The molecule has 0 heterocycles. The summed E-state index contributed by atoms with van der Waals surface area (Å²) in [5, 5.41) is 16.9. The first kappa shape index (κ1) is 20.9. The summed E-state index contributed by atoms with van der Waals surface area (Å²) < 4.78 is 5.23. The van der Waals surface area contributed by atoms with Crippen molar-refractivity contribution in [2.24, 2.45) is 16.5 Å². The van der Waals surface area contributed by atoms with Crippen LogP contribution in [0.15, 0.2) is 47.5 Å². The molecule has 0 bridgehead atoms. The number of aliphatic carboxylic acids is 1. The van der Waals surface area contributed by atoms with Crippen LogP contribution >= 0.6 is 11.6 Å². The normalized spacial score (nSPS) is 9.50. The standard InChI is InChI=1S/C15H14ClN3O3.C2H4O2/c16-11-5-9(8-20)6-13(7-11)22-14(21)10-1-3-12(4-2-10)19-15(17)18;1-2(3)4/h1-7,20H,8H2,(H4,17,18,19);1H3,(H,3,4). The van der Waals surface area contributed by atoms with Gasteiger partial charge in [-0.05, 0) is 48.0 Å². The molecule has 2 rings (SSSR count). The van der Waals surface area contributed by atoms with Gasteiger partial charge in [-0.25, -0.2) is 9.79 Å². The van der Waals surface area contributed by atoms with Gasteiger partial charge in [0.2, 0.25) is 0 Å². The van der Waals surface area contributed by atoms with Crippen LogP contribution in [0.2, 0.25) is 5.02 Å². The van der Waals surface area contributed by atoms with E-state index in [-0.39, 0.29) is 18.3 Å². The monoisotopic (exact) mass is 379 g/mol. The lowest BCUT2D eigenvalue weighted by Crippen LogP contribution is -2.21. The number of carboxylic acid groups (broad SMARTS) is 1. The van der Waals surface area contributed by atoms with Crippen molar-refractivity contribution in [3.8, 4) is 5.75 Å². The number of carbonyl (C=O) groups excluding carboxylic acids is 1. The maximum atomic E-state index is 12.0. The summed E-state index contributed by atoms with van der Waals surface area (Å²) in [7, 11) is 0. The summed E-state index contributed by atoms with van der Waals surface area (Å²) in [6.45, 7) is 0.887. The first-order chi connectivity index (χ1) is 12.2. The Morgan fingerprint density at radius 3 is 2.23 bits per heavy atom. The lowest BCUT2D eigenvalue weighted by molar-refractivity contribution is -0.134. The van der Waals surface area contributed by atoms with Gasteiger partial charge in [0, 0.05) is 11.9 Å². The number of ether oxygens (including phenoxy) is 1. The Hall–Kier alpha value is -3.10. The molecular weight excluding hydrogens is 362 g/mol. The number of nitrogens with two attached hydrogens (primary N) is 2. The Balaban J connectivity index is 0.000000765. The topological polar surface area (TPSA) is 148 Å². The third-order valence-electron chi connectivity index (χ3n) is 2.69. The first-order valence-electron chi connectivity index (χ1n) is 7.23. The number of nitrogens with zero attached hydrogens (tertiary/aromatic N) is 1. The number of aliphatic hydroxyl groups is 1. The molecule has 0 saturated carbocycles. The van der Waals surface area contributed by atoms with Gasteiger partial charge in [0.25, 0.3) is 5.97 Å². The van der Waals surface area contributed by atoms with Gasteiger partial charge < -0.3 is 26.4 Å². The quantitative estimate of drug-likeness (QED) is 0.275. The van der Waals surface area contributed by atoms with E-state index in [0.717, 1.165) is 6.92 Å². The van der Waals surface area contributed by atoms with Gasteiger partial charge in [-0.3, -0.25) is 4.79 Å². The van der Waals surface area contributed by atoms with Crippen molar-refractivity contribution in [1.29, 1.82) is 0 Å². The van der Waals surface area contributed by atoms with E-state index in [1.165, 1.54) is 12.1 Å². The highest BCUT2D eigenvalue weighted by molar-refractivity contribution is 6.30. The van der Waals surface area contributed by atoms with Crippen LogP contribution in [0, 0.1) is 0 Å². The zero-order valence-corrected chi connectivity index (χ0v) is 14.6. The van der Waals surface area contributed by atoms with Gasteiger partial charge in [-0.15, -0.1) is 0 Å². The van der Waals surface area contributed by atoms with Crippen molar-refractivity contribution < 1.29 is 24.5 Å². The molecule has 0 aromatic heterocycles. The van der Waals surface area contributed by atoms with Crippen LogP contribution in [0.25, 0.3) is 0 Å². The number of rotatable bonds is 4. The second kappa shape index (κ2) is 10.0. The van der Waals surface area contributed by atoms with Gasteiger partial charge >= 0.3 is 5.97 Å². The van der Waals surface area contributed by atoms with Crippen LogP contribution < -0.4 is 16.2 Å². The molecule has 6 N–H and O–H groups in total. The van der Waals surface area contributed by atoms with E-state index in [2.05, 4.69) is 4.99 Å². The van der Waals surface area contributed by atoms with E-state index < -0.39 is 11.9 Å². The molecule has 8 nitrogen and oxygen atoms in total. The van der Waals surface area contributed by atoms with E-state index in [1.54, 1.807) is 30.3 Å². The number of carboxylic acids is 1. The molecule has 2 aromatic rings. The SMILES string of the molecule is CC(=O)O.NC(N)=Nc1ccc(C(=O)Oc2cc(Cl)cc(CO)c2)cc1. The number of benzene rings is 2. The zero-order valence-electron chi connectivity index (χ0n) is 13.8. The fourth-order valence-electron chi connectivity index (χ4n) is 1.76. The van der Waals surface area contributed by atoms with Crippen molar-refractivity contribution in [3.05, 3.63) is 58.6 Å². The molecule has 0 amide bonds. The van der Waals surface area contributed by atoms with Crippen LogP contribution in [-0.4, -0.2) is 28.1 Å². The molecule has 0 aliphatic rings. The maximum Gasteiger partial charge on any atom is 0.343 e. The molecule has 0 fully saturated rings. The van der Waals surface area contributed by atoms with Crippen molar-refractivity contribution >= 4 is 35.2 Å². The van der Waals surface area contributed by atoms with E-state index in [4.69, 9.17) is 42.8 Å². The predicted molar refractivity (Wildman–Crippen MR) is 97.6 cm³/mol. The minimum absolute atomic E-state index is 0.0641. The van der Waals surface area contributed by atoms with Crippen molar-refractivity contribution in [2.45, 2.75) is 13.5 Å². The van der Waals surface area contributed by atoms with Gasteiger partial charge in [0.1, 0.15) is 5.75 Å². The number of hydrogen-bond acceptors (Lipinski definition) is 5. The molecule has 2 aromatic carbocycles. The molecule has 0 saturated heterocycles. The first-order valence-corrected chi connectivity index (χ1v) is 7.60. The molecule has 0 aliphatic carbocycles. The van der Waals surface area contributed by atoms with Gasteiger partial charge in [0.15, 0.2) is 5.96 Å². The van der Waals surface area contributed by atoms with Crippen molar-refractivity contribution in [1.82, 2.24) is 0 Å². The molecule has 0 radical (unpaired) electrons. The van der Waals surface area contributed by atoms with E-state index in [1.807, 2.05) is 0 Å². The zero-order chi connectivity index (χ0) is 19.7. The number of aliphatic hydroxyl groups excluding tert-OH is 1. The average Bonchev–Trinajstić information content (AvgIpc) is 2.53. The summed E-state index contributed by atoms with van der Waals surface area (Å²) in [5.41, 5.74) is 12.0. The van der Waals surface area contributed by atoms with Crippen LogP contribution in [0.4, 0.5) is 5.69 Å². The fourth-order valence-corrected chi connectivity index (χ4v) is 2.01. The third kappa shape index (κ3) is 7.65. The minimum Gasteiger partial charge on any atom is -0.481 e. The Morgan fingerprint density at radius 1 is 1.15 bits per heavy atom. The highest BCUT2D eigenvalue weighted by Gasteiger charge is 2.10. The van der Waals surface area contributed by atoms with Crippen LogP contribution in [-0.2, 0) is 11.4 Å². The molecule has 0 unspecified atom stereocenters. The van der Waals surface area contributed by atoms with E-state index in [0.29, 0.717) is 21.8 Å². The number of esters is 1. The number of guanidine groups is 1. The molecular formula is C17H18ClN3O5. The maximum absolute atomic E-state index is 12.0. The summed E-state index contributed by atoms with van der Waals surface area (Å²) in [6.07, 6.45) is 0. The Morgan fingerprint density at radius 2 is 1.73 bits per heavy atom. The lowest BCUT2D eigenvalue weighted by Gasteiger charge is -2.07. The van der Waals surface area contributed by atoms with Crippen LogP contribution in [0.1, 0.15) is 22.8 Å². The second-order valence-electron chi connectivity index (χ2n) is 4.95. The molecule has 26 heavy (non-hydrogen) atoms. The minimum atomic E-state index is -0.833. The average molecular weight is 380 g/mol. The Bertz CT molecular complexity index is 799. The Labute approximate surface area is 154 Å². The largest absolute Gasteiger partial charge is 0.481 e. The Kier molecular flexibility index (Phi) is 8.07. The number of carbonyl (C=O) groups is 2. The van der Waals surface area contributed by atoms with Crippen molar-refractivity contribution in [3.63, 3.8) is 0 Å². The molecule has 138 valence electrons. The highest BCUT2D eigenvalue weighted by Crippen LogP contribution is 2.22. The third-order valence-corrected chi connectivity index (χ3v) is 2.90. The fraction of sp³-hybridized carbons (Fsp3) is 0.118. The van der Waals surface area contributed by atoms with Crippen LogP contribution in [0.5, 0.6) is 5.75 Å². The summed E-state index contributed by atoms with van der Waals surface area (Å²) in [6, 6.07) is 10.9. The van der Waals surface area contributed by atoms with Crippen LogP contribution in [0.3, 0.4) is 0 Å². The smallest absolute Gasteiger partial charge is 0.343 e. The summed E-state index contributed by atoms with van der Waals surface area (Å²) >= 11 is 5.89. The predicted octanol–water partition coefficient (Wildman–Crippen LogP) is 2.05. The molecule has 0 spiro atoms. The second-order valence-corrected chi connectivity index (χ2v) is 5.38. The number of halogens is 1. The van der Waals surface area contributed by atoms with E-state index >= 15 is 0 Å².